The van der Waals surface area contributed by atoms with Crippen LogP contribution in [0.25, 0.3) is 11.1 Å². The molecule has 0 amide bonds. The molecule has 0 saturated heterocycles. The lowest BCUT2D eigenvalue weighted by atomic mass is 10.0. The molecule has 2 rings (SSSR count). The van der Waals surface area contributed by atoms with Gasteiger partial charge in [-0.3, -0.25) is 0 Å². The third-order valence-corrected chi connectivity index (χ3v) is 2.49. The quantitative estimate of drug-likeness (QED) is 0.729. The van der Waals surface area contributed by atoms with E-state index in [-0.39, 0.29) is 11.5 Å². The first kappa shape index (κ1) is 10.6. The SMILES string of the molecule is Cc1cc(-c2ccc(N)c(F)c2)ccc1F. The Morgan fingerprint density at radius 3 is 2.12 bits per heavy atom. The molecular formula is C13H11F2N. The van der Waals surface area contributed by atoms with Gasteiger partial charge in [-0.1, -0.05) is 12.1 Å². The van der Waals surface area contributed by atoms with Gasteiger partial charge in [0.05, 0.1) is 5.69 Å². The van der Waals surface area contributed by atoms with Crippen LogP contribution in [-0.2, 0) is 0 Å². The number of hydrogen-bond acceptors (Lipinski definition) is 1. The second-order valence-corrected chi connectivity index (χ2v) is 3.70. The highest BCUT2D eigenvalue weighted by atomic mass is 19.1. The molecule has 82 valence electrons. The van der Waals surface area contributed by atoms with Crippen LogP contribution in [0.2, 0.25) is 0 Å². The lowest BCUT2D eigenvalue weighted by Crippen LogP contribution is -1.91. The number of rotatable bonds is 1. The van der Waals surface area contributed by atoms with Crippen LogP contribution in [0.3, 0.4) is 0 Å². The third kappa shape index (κ3) is 1.89. The molecule has 0 atom stereocenters. The lowest BCUT2D eigenvalue weighted by molar-refractivity contribution is 0.618. The molecule has 0 aliphatic carbocycles. The van der Waals surface area contributed by atoms with Gasteiger partial charge in [-0.25, -0.2) is 8.78 Å². The highest BCUT2D eigenvalue weighted by Gasteiger charge is 2.04. The summed E-state index contributed by atoms with van der Waals surface area (Å²) in [5.41, 5.74) is 7.50. The van der Waals surface area contributed by atoms with Crippen LogP contribution >= 0.6 is 0 Å². The van der Waals surface area contributed by atoms with E-state index in [0.29, 0.717) is 11.1 Å². The van der Waals surface area contributed by atoms with Gasteiger partial charge in [-0.2, -0.15) is 0 Å². The first-order valence-electron chi connectivity index (χ1n) is 4.89. The Balaban J connectivity index is 2.50. The molecule has 0 radical (unpaired) electrons. The summed E-state index contributed by atoms with van der Waals surface area (Å²) < 4.78 is 26.3. The summed E-state index contributed by atoms with van der Waals surface area (Å²) in [6.07, 6.45) is 0. The van der Waals surface area contributed by atoms with E-state index in [1.54, 1.807) is 25.1 Å². The Bertz CT molecular complexity index is 486. The molecule has 0 aliphatic heterocycles. The molecule has 0 aliphatic rings. The average Bonchev–Trinajstić information content (AvgIpc) is 2.26. The topological polar surface area (TPSA) is 26.0 Å². The molecule has 2 aromatic carbocycles. The summed E-state index contributed by atoms with van der Waals surface area (Å²) in [5, 5.41) is 0. The van der Waals surface area contributed by atoms with E-state index in [9.17, 15) is 8.78 Å². The Hall–Kier alpha value is -1.90. The molecule has 2 aromatic rings. The number of hydrogen-bond donors (Lipinski definition) is 1. The van der Waals surface area contributed by atoms with E-state index in [1.165, 1.54) is 18.2 Å². The molecule has 0 fully saturated rings. The number of anilines is 1. The molecule has 3 heteroatoms. The molecule has 2 N–H and O–H groups in total. The number of nitrogens with two attached hydrogens (primary N) is 1. The van der Waals surface area contributed by atoms with Gasteiger partial charge >= 0.3 is 0 Å². The zero-order chi connectivity index (χ0) is 11.7. The van der Waals surface area contributed by atoms with Crippen molar-refractivity contribution in [2.45, 2.75) is 6.92 Å². The summed E-state index contributed by atoms with van der Waals surface area (Å²) in [7, 11) is 0. The van der Waals surface area contributed by atoms with Crippen LogP contribution in [0.1, 0.15) is 5.56 Å². The average molecular weight is 219 g/mol. The first-order valence-corrected chi connectivity index (χ1v) is 4.89. The maximum atomic E-state index is 13.2. The number of benzene rings is 2. The van der Waals surface area contributed by atoms with Gasteiger partial charge in [-0.05, 0) is 47.9 Å². The summed E-state index contributed by atoms with van der Waals surface area (Å²) in [6.45, 7) is 1.67. The molecular weight excluding hydrogens is 208 g/mol. The normalized spacial score (nSPS) is 10.4. The first-order chi connectivity index (χ1) is 7.58. The van der Waals surface area contributed by atoms with E-state index in [4.69, 9.17) is 5.73 Å². The van der Waals surface area contributed by atoms with Gasteiger partial charge in [0, 0.05) is 0 Å². The van der Waals surface area contributed by atoms with Crippen molar-refractivity contribution in [1.29, 1.82) is 0 Å². The zero-order valence-electron chi connectivity index (χ0n) is 8.80. The largest absolute Gasteiger partial charge is 0.396 e. The minimum absolute atomic E-state index is 0.114. The predicted molar refractivity (Wildman–Crippen MR) is 60.9 cm³/mol. The Labute approximate surface area is 92.5 Å². The van der Waals surface area contributed by atoms with Crippen LogP contribution in [0.15, 0.2) is 36.4 Å². The van der Waals surface area contributed by atoms with Crippen molar-refractivity contribution in [3.05, 3.63) is 53.6 Å². The van der Waals surface area contributed by atoms with Gasteiger partial charge in [0.15, 0.2) is 0 Å². The van der Waals surface area contributed by atoms with Crippen LogP contribution < -0.4 is 5.73 Å². The van der Waals surface area contributed by atoms with Crippen molar-refractivity contribution >= 4 is 5.69 Å². The minimum atomic E-state index is -0.459. The highest BCUT2D eigenvalue weighted by molar-refractivity contribution is 5.66. The second-order valence-electron chi connectivity index (χ2n) is 3.70. The maximum absolute atomic E-state index is 13.2. The number of halogens is 2. The Kier molecular flexibility index (Phi) is 2.60. The summed E-state index contributed by atoms with van der Waals surface area (Å²) in [4.78, 5) is 0. The third-order valence-electron chi connectivity index (χ3n) is 2.49. The molecule has 0 aromatic heterocycles. The van der Waals surface area contributed by atoms with Crippen LogP contribution in [0.5, 0.6) is 0 Å². The van der Waals surface area contributed by atoms with E-state index in [2.05, 4.69) is 0 Å². The molecule has 0 heterocycles. The van der Waals surface area contributed by atoms with Crippen molar-refractivity contribution in [2.75, 3.05) is 5.73 Å². The van der Waals surface area contributed by atoms with Crippen molar-refractivity contribution in [3.8, 4) is 11.1 Å². The molecule has 0 spiro atoms. The van der Waals surface area contributed by atoms with Crippen LogP contribution in [0, 0.1) is 18.6 Å². The molecule has 16 heavy (non-hydrogen) atoms. The van der Waals surface area contributed by atoms with Crippen molar-refractivity contribution < 1.29 is 8.78 Å². The van der Waals surface area contributed by atoms with E-state index in [1.807, 2.05) is 0 Å². The highest BCUT2D eigenvalue weighted by Crippen LogP contribution is 2.24. The number of nitrogen functional groups attached to an aromatic ring is 1. The summed E-state index contributed by atoms with van der Waals surface area (Å²) in [5.74, 6) is -0.723. The van der Waals surface area contributed by atoms with Gasteiger partial charge in [-0.15, -0.1) is 0 Å². The standard InChI is InChI=1S/C13H11F2N/c1-8-6-9(2-4-11(8)14)10-3-5-13(16)12(15)7-10/h2-7H,16H2,1H3. The fourth-order valence-electron chi connectivity index (χ4n) is 1.53. The Morgan fingerprint density at radius 1 is 0.875 bits per heavy atom. The van der Waals surface area contributed by atoms with Crippen LogP contribution in [-0.4, -0.2) is 0 Å². The van der Waals surface area contributed by atoms with Crippen molar-refractivity contribution in [1.82, 2.24) is 0 Å². The minimum Gasteiger partial charge on any atom is -0.396 e. The monoisotopic (exact) mass is 219 g/mol. The molecule has 0 bridgehead atoms. The van der Waals surface area contributed by atoms with Gasteiger partial charge in [0.1, 0.15) is 11.6 Å². The van der Waals surface area contributed by atoms with Gasteiger partial charge < -0.3 is 5.73 Å². The lowest BCUT2D eigenvalue weighted by Gasteiger charge is -2.05. The van der Waals surface area contributed by atoms with E-state index < -0.39 is 5.82 Å². The van der Waals surface area contributed by atoms with Crippen LogP contribution in [0.4, 0.5) is 14.5 Å². The smallest absolute Gasteiger partial charge is 0.146 e. The molecule has 0 saturated carbocycles. The van der Waals surface area contributed by atoms with Crippen molar-refractivity contribution in [2.24, 2.45) is 0 Å². The van der Waals surface area contributed by atoms with Gasteiger partial charge in [0.2, 0.25) is 0 Å². The molecule has 1 nitrogen and oxygen atoms in total. The molecule has 0 unspecified atom stereocenters. The fraction of sp³-hybridized carbons (Fsp3) is 0.0769. The summed E-state index contributed by atoms with van der Waals surface area (Å²) in [6, 6.07) is 9.24. The second kappa shape index (κ2) is 3.93. The summed E-state index contributed by atoms with van der Waals surface area (Å²) >= 11 is 0. The predicted octanol–water partition coefficient (Wildman–Crippen LogP) is 3.52. The zero-order valence-corrected chi connectivity index (χ0v) is 8.80. The van der Waals surface area contributed by atoms with Gasteiger partial charge in [0.25, 0.3) is 0 Å². The fourth-order valence-corrected chi connectivity index (χ4v) is 1.53. The maximum Gasteiger partial charge on any atom is 0.146 e. The number of aryl methyl sites for hydroxylation is 1. The Morgan fingerprint density at radius 2 is 1.50 bits per heavy atom. The van der Waals surface area contributed by atoms with Crippen molar-refractivity contribution in [3.63, 3.8) is 0 Å². The van der Waals surface area contributed by atoms with E-state index >= 15 is 0 Å². The van der Waals surface area contributed by atoms with E-state index in [0.717, 1.165) is 5.56 Å².